The van der Waals surface area contributed by atoms with E-state index in [0.717, 1.165) is 30.5 Å². The lowest BCUT2D eigenvalue weighted by molar-refractivity contribution is -0.139. The molecule has 5 fully saturated rings. The lowest BCUT2D eigenvalue weighted by atomic mass is 9.48. The summed E-state index contributed by atoms with van der Waals surface area (Å²) < 4.78 is 38.5. The number of aromatic nitrogens is 1. The Balaban J connectivity index is 1.19. The highest BCUT2D eigenvalue weighted by Crippen LogP contribution is 2.65. The van der Waals surface area contributed by atoms with Gasteiger partial charge in [0.2, 0.25) is 5.91 Å². The first kappa shape index (κ1) is 20.6. The second-order valence-electron chi connectivity index (χ2n) is 10.1. The highest BCUT2D eigenvalue weighted by Gasteiger charge is 2.57. The van der Waals surface area contributed by atoms with Gasteiger partial charge in [-0.25, -0.2) is 4.98 Å². The van der Waals surface area contributed by atoms with Crippen molar-refractivity contribution in [3.63, 3.8) is 0 Å². The number of alkyl halides is 4. The quantitative estimate of drug-likeness (QED) is 0.572. The summed E-state index contributed by atoms with van der Waals surface area (Å²) >= 11 is 4.02. The number of hydrogen-bond acceptors (Lipinski definition) is 3. The van der Waals surface area contributed by atoms with Crippen molar-refractivity contribution in [2.45, 2.75) is 55.4 Å². The molecule has 4 nitrogen and oxygen atoms in total. The van der Waals surface area contributed by atoms with E-state index in [-0.39, 0.29) is 15.6 Å². The normalized spacial score (nSPS) is 35.7. The van der Waals surface area contributed by atoms with E-state index < -0.39 is 11.7 Å². The van der Waals surface area contributed by atoms with E-state index in [1.807, 2.05) is 9.80 Å². The number of halogens is 4. The lowest BCUT2D eigenvalue weighted by Gasteiger charge is -2.60. The minimum Gasteiger partial charge on any atom is -0.353 e. The molecule has 2 heterocycles. The Kier molecular flexibility index (Phi) is 4.88. The third-order valence-electron chi connectivity index (χ3n) is 7.67. The van der Waals surface area contributed by atoms with Gasteiger partial charge >= 0.3 is 6.18 Å². The number of hydrogen-bond donors (Lipinski definition) is 0. The van der Waals surface area contributed by atoms with Gasteiger partial charge in [-0.1, -0.05) is 15.9 Å². The molecule has 5 aliphatic rings. The van der Waals surface area contributed by atoms with Gasteiger partial charge in [-0.15, -0.1) is 0 Å². The summed E-state index contributed by atoms with van der Waals surface area (Å²) in [5.41, 5.74) is -0.572. The summed E-state index contributed by atoms with van der Waals surface area (Å²) in [4.78, 5) is 21.0. The molecule has 1 aromatic rings. The van der Waals surface area contributed by atoms with E-state index in [0.29, 0.717) is 38.4 Å². The van der Waals surface area contributed by atoms with Crippen LogP contribution in [0.25, 0.3) is 0 Å². The molecule has 164 valence electrons. The van der Waals surface area contributed by atoms with Crippen LogP contribution in [0.15, 0.2) is 18.3 Å². The van der Waals surface area contributed by atoms with Gasteiger partial charge in [0.1, 0.15) is 5.82 Å². The average molecular weight is 486 g/mol. The molecule has 1 amide bonds. The van der Waals surface area contributed by atoms with E-state index in [1.54, 1.807) is 0 Å². The second-order valence-corrected chi connectivity index (χ2v) is 11.7. The Hall–Kier alpha value is -1.31. The number of rotatable bonds is 3. The van der Waals surface area contributed by atoms with E-state index in [9.17, 15) is 18.0 Å². The first-order valence-corrected chi connectivity index (χ1v) is 11.7. The number of carbonyl (C=O) groups excluding carboxylic acids is 1. The minimum atomic E-state index is -4.37. The van der Waals surface area contributed by atoms with Crippen molar-refractivity contribution in [1.82, 2.24) is 9.88 Å². The molecule has 0 spiro atoms. The van der Waals surface area contributed by atoms with Gasteiger partial charge in [0.15, 0.2) is 0 Å². The van der Waals surface area contributed by atoms with E-state index in [4.69, 9.17) is 0 Å². The van der Waals surface area contributed by atoms with Gasteiger partial charge < -0.3 is 9.80 Å². The van der Waals surface area contributed by atoms with Crippen molar-refractivity contribution >= 4 is 27.7 Å². The zero-order valence-corrected chi connectivity index (χ0v) is 18.5. The molecule has 0 N–H and O–H groups in total. The molecule has 2 unspecified atom stereocenters. The number of carbonyl (C=O) groups is 1. The molecule has 1 aromatic heterocycles. The standard InChI is InChI=1S/C22H27BrF3N3O/c23-21-10-15-7-16(11-21)9-20(8-15,14-21)12-19(30)29-5-3-28(4-6-29)18-2-1-17(13-27-18)22(24,25)26/h1-2,13,15-16H,3-12,14H2. The van der Waals surface area contributed by atoms with Crippen LogP contribution >= 0.6 is 15.9 Å². The fourth-order valence-corrected chi connectivity index (χ4v) is 8.41. The predicted octanol–water partition coefficient (Wildman–Crippen LogP) is 4.87. The highest BCUT2D eigenvalue weighted by atomic mass is 79.9. The number of piperazine rings is 1. The maximum Gasteiger partial charge on any atom is 0.417 e. The molecule has 2 atom stereocenters. The van der Waals surface area contributed by atoms with Gasteiger partial charge in [0, 0.05) is 43.1 Å². The van der Waals surface area contributed by atoms with Gasteiger partial charge in [0.25, 0.3) is 0 Å². The Morgan fingerprint density at radius 1 is 1.10 bits per heavy atom. The predicted molar refractivity (Wildman–Crippen MR) is 111 cm³/mol. The Morgan fingerprint density at radius 2 is 1.77 bits per heavy atom. The first-order valence-electron chi connectivity index (χ1n) is 10.9. The fraction of sp³-hybridized carbons (Fsp3) is 0.727. The summed E-state index contributed by atoms with van der Waals surface area (Å²) in [6.07, 6.45) is 4.52. The molecule has 4 aliphatic carbocycles. The van der Waals surface area contributed by atoms with Crippen LogP contribution in [0.1, 0.15) is 50.5 Å². The van der Waals surface area contributed by atoms with Gasteiger partial charge in [-0.05, 0) is 67.9 Å². The Bertz CT molecular complexity index is 806. The monoisotopic (exact) mass is 485 g/mol. The van der Waals surface area contributed by atoms with Crippen molar-refractivity contribution in [1.29, 1.82) is 0 Å². The molecule has 4 bridgehead atoms. The van der Waals surface area contributed by atoms with Crippen molar-refractivity contribution in [2.24, 2.45) is 17.3 Å². The van der Waals surface area contributed by atoms with Crippen LogP contribution in [0.4, 0.5) is 19.0 Å². The lowest BCUT2D eigenvalue weighted by Crippen LogP contribution is -2.55. The topological polar surface area (TPSA) is 36.4 Å². The molecule has 30 heavy (non-hydrogen) atoms. The smallest absolute Gasteiger partial charge is 0.353 e. The van der Waals surface area contributed by atoms with Crippen LogP contribution in [-0.2, 0) is 11.0 Å². The van der Waals surface area contributed by atoms with E-state index in [2.05, 4.69) is 20.9 Å². The zero-order chi connectivity index (χ0) is 21.1. The van der Waals surface area contributed by atoms with Crippen molar-refractivity contribution in [2.75, 3.05) is 31.1 Å². The van der Waals surface area contributed by atoms with Crippen molar-refractivity contribution in [3.8, 4) is 0 Å². The number of amides is 1. The van der Waals surface area contributed by atoms with Crippen LogP contribution in [0.5, 0.6) is 0 Å². The van der Waals surface area contributed by atoms with E-state index in [1.165, 1.54) is 38.2 Å². The largest absolute Gasteiger partial charge is 0.417 e. The van der Waals surface area contributed by atoms with E-state index >= 15 is 0 Å². The molecule has 0 aromatic carbocycles. The fourth-order valence-electron chi connectivity index (χ4n) is 6.90. The first-order chi connectivity index (χ1) is 14.1. The number of anilines is 1. The molecular weight excluding hydrogens is 459 g/mol. The van der Waals surface area contributed by atoms with Crippen LogP contribution in [0.3, 0.4) is 0 Å². The van der Waals surface area contributed by atoms with Crippen molar-refractivity contribution in [3.05, 3.63) is 23.9 Å². The molecule has 1 saturated heterocycles. The summed E-state index contributed by atoms with van der Waals surface area (Å²) in [6, 6.07) is 2.49. The van der Waals surface area contributed by atoms with Crippen LogP contribution in [-0.4, -0.2) is 46.3 Å². The molecule has 4 saturated carbocycles. The molecule has 6 rings (SSSR count). The molecule has 0 radical (unpaired) electrons. The summed E-state index contributed by atoms with van der Waals surface area (Å²) in [6.45, 7) is 2.41. The minimum absolute atomic E-state index is 0.163. The van der Waals surface area contributed by atoms with Gasteiger partial charge in [-0.2, -0.15) is 13.2 Å². The van der Waals surface area contributed by atoms with Gasteiger partial charge in [0.05, 0.1) is 5.56 Å². The van der Waals surface area contributed by atoms with Gasteiger partial charge in [-0.3, -0.25) is 4.79 Å². The third-order valence-corrected chi connectivity index (χ3v) is 8.60. The summed E-state index contributed by atoms with van der Waals surface area (Å²) in [5.74, 6) is 2.31. The maximum atomic E-state index is 13.1. The third kappa shape index (κ3) is 3.84. The summed E-state index contributed by atoms with van der Waals surface area (Å²) in [7, 11) is 0. The van der Waals surface area contributed by atoms with Crippen molar-refractivity contribution < 1.29 is 18.0 Å². The molecule has 1 aliphatic heterocycles. The average Bonchev–Trinajstić information content (AvgIpc) is 2.65. The SMILES string of the molecule is O=C(CC12CC3CC(CC(Br)(C3)C1)C2)N1CCN(c2ccc(C(F)(F)F)cn2)CC1. The second kappa shape index (κ2) is 7.10. The molecular formula is C22H27BrF3N3O. The molecule has 8 heteroatoms. The zero-order valence-electron chi connectivity index (χ0n) is 16.9. The summed E-state index contributed by atoms with van der Waals surface area (Å²) in [5, 5.41) is 0. The number of nitrogens with zero attached hydrogens (tertiary/aromatic N) is 3. The Labute approximate surface area is 183 Å². The maximum absolute atomic E-state index is 13.1. The number of pyridine rings is 1. The highest BCUT2D eigenvalue weighted by molar-refractivity contribution is 9.10. The van der Waals surface area contributed by atoms with Crippen LogP contribution in [0, 0.1) is 17.3 Å². The van der Waals surface area contributed by atoms with Crippen LogP contribution < -0.4 is 4.90 Å². The van der Waals surface area contributed by atoms with Crippen LogP contribution in [0.2, 0.25) is 0 Å². The Morgan fingerprint density at radius 3 is 2.30 bits per heavy atom.